The SMILES string of the molecule is COc1ccc(OC)c(CNS(=O)(=O)c2cc(-c3nc(-c4ccccc4)no3)sc2C)c1. The van der Waals surface area contributed by atoms with E-state index in [1.807, 2.05) is 30.3 Å². The molecule has 166 valence electrons. The lowest BCUT2D eigenvalue weighted by Crippen LogP contribution is -2.23. The molecule has 2 aromatic carbocycles. The van der Waals surface area contributed by atoms with Gasteiger partial charge in [0, 0.05) is 22.5 Å². The Morgan fingerprint density at radius 1 is 1.06 bits per heavy atom. The highest BCUT2D eigenvalue weighted by Crippen LogP contribution is 2.34. The Kier molecular flexibility index (Phi) is 6.26. The molecule has 0 saturated heterocycles. The first-order valence-corrected chi connectivity index (χ1v) is 11.9. The van der Waals surface area contributed by atoms with Crippen LogP contribution in [-0.4, -0.2) is 32.8 Å². The lowest BCUT2D eigenvalue weighted by Gasteiger charge is -2.11. The van der Waals surface area contributed by atoms with Crippen LogP contribution in [0.5, 0.6) is 11.5 Å². The number of methoxy groups -OCH3 is 2. The second-order valence-electron chi connectivity index (χ2n) is 6.82. The molecule has 0 aliphatic rings. The van der Waals surface area contributed by atoms with Crippen molar-refractivity contribution in [3.8, 4) is 33.7 Å². The monoisotopic (exact) mass is 471 g/mol. The van der Waals surface area contributed by atoms with Gasteiger partial charge in [-0.05, 0) is 31.2 Å². The number of thiophene rings is 1. The van der Waals surface area contributed by atoms with Crippen molar-refractivity contribution in [1.29, 1.82) is 0 Å². The Morgan fingerprint density at radius 3 is 2.56 bits per heavy atom. The van der Waals surface area contributed by atoms with E-state index in [0.29, 0.717) is 32.6 Å². The molecule has 4 rings (SSSR count). The van der Waals surface area contributed by atoms with Gasteiger partial charge >= 0.3 is 0 Å². The van der Waals surface area contributed by atoms with Gasteiger partial charge in [-0.25, -0.2) is 13.1 Å². The van der Waals surface area contributed by atoms with E-state index in [-0.39, 0.29) is 17.3 Å². The van der Waals surface area contributed by atoms with Crippen molar-refractivity contribution < 1.29 is 22.4 Å². The van der Waals surface area contributed by atoms with Gasteiger partial charge in [0.2, 0.25) is 15.8 Å². The van der Waals surface area contributed by atoms with E-state index in [2.05, 4.69) is 14.9 Å². The Bertz CT molecular complexity index is 1330. The van der Waals surface area contributed by atoms with Crippen molar-refractivity contribution in [2.75, 3.05) is 14.2 Å². The molecule has 0 bridgehead atoms. The van der Waals surface area contributed by atoms with E-state index in [9.17, 15) is 8.42 Å². The van der Waals surface area contributed by atoms with E-state index in [1.165, 1.54) is 18.4 Å². The van der Waals surface area contributed by atoms with Crippen LogP contribution in [0.1, 0.15) is 10.4 Å². The Hall–Kier alpha value is -3.21. The molecule has 0 saturated carbocycles. The summed E-state index contributed by atoms with van der Waals surface area (Å²) in [7, 11) is -0.713. The van der Waals surface area contributed by atoms with Crippen LogP contribution in [-0.2, 0) is 16.6 Å². The molecule has 4 aromatic rings. The van der Waals surface area contributed by atoms with Crippen molar-refractivity contribution in [3.05, 3.63) is 65.0 Å². The van der Waals surface area contributed by atoms with Crippen LogP contribution >= 0.6 is 11.3 Å². The van der Waals surface area contributed by atoms with Gasteiger partial charge < -0.3 is 14.0 Å². The topological polar surface area (TPSA) is 104 Å². The molecule has 0 radical (unpaired) electrons. The molecule has 1 N–H and O–H groups in total. The second-order valence-corrected chi connectivity index (χ2v) is 9.81. The van der Waals surface area contributed by atoms with Crippen LogP contribution in [0, 0.1) is 6.92 Å². The van der Waals surface area contributed by atoms with E-state index in [1.54, 1.807) is 38.3 Å². The summed E-state index contributed by atoms with van der Waals surface area (Å²) in [5.41, 5.74) is 1.48. The molecule has 2 heterocycles. The molecule has 0 spiro atoms. The second kappa shape index (κ2) is 9.11. The molecule has 10 heteroatoms. The van der Waals surface area contributed by atoms with E-state index in [0.717, 1.165) is 5.56 Å². The molecule has 0 unspecified atom stereocenters. The van der Waals surface area contributed by atoms with Crippen LogP contribution in [0.4, 0.5) is 0 Å². The van der Waals surface area contributed by atoms with Crippen molar-refractivity contribution in [2.24, 2.45) is 0 Å². The average Bonchev–Trinajstić information content (AvgIpc) is 3.45. The molecule has 2 aromatic heterocycles. The van der Waals surface area contributed by atoms with Gasteiger partial charge in [-0.1, -0.05) is 35.5 Å². The van der Waals surface area contributed by atoms with Crippen molar-refractivity contribution in [3.63, 3.8) is 0 Å². The maximum absolute atomic E-state index is 13.0. The zero-order chi connectivity index (χ0) is 22.7. The van der Waals surface area contributed by atoms with Gasteiger partial charge in [0.15, 0.2) is 0 Å². The van der Waals surface area contributed by atoms with E-state index >= 15 is 0 Å². The number of sulfonamides is 1. The molecule has 0 amide bonds. The molecule has 8 nitrogen and oxygen atoms in total. The van der Waals surface area contributed by atoms with Crippen LogP contribution in [0.15, 0.2) is 64.0 Å². The summed E-state index contributed by atoms with van der Waals surface area (Å²) in [6, 6.07) is 16.2. The van der Waals surface area contributed by atoms with Gasteiger partial charge in [0.25, 0.3) is 5.89 Å². The summed E-state index contributed by atoms with van der Waals surface area (Å²) < 4.78 is 44.6. The number of nitrogens with zero attached hydrogens (tertiary/aromatic N) is 2. The van der Waals surface area contributed by atoms with Crippen molar-refractivity contribution in [2.45, 2.75) is 18.4 Å². The zero-order valence-electron chi connectivity index (χ0n) is 17.7. The largest absolute Gasteiger partial charge is 0.497 e. The van der Waals surface area contributed by atoms with Crippen molar-refractivity contribution in [1.82, 2.24) is 14.9 Å². The predicted octanol–water partition coefficient (Wildman–Crippen LogP) is 4.27. The van der Waals surface area contributed by atoms with Crippen LogP contribution in [0.25, 0.3) is 22.2 Å². The maximum atomic E-state index is 13.0. The normalized spacial score (nSPS) is 11.5. The number of hydrogen-bond acceptors (Lipinski definition) is 8. The summed E-state index contributed by atoms with van der Waals surface area (Å²) in [5, 5.41) is 4.01. The fraction of sp³-hybridized carbons (Fsp3) is 0.182. The molecular formula is C22H21N3O5S2. The first kappa shape index (κ1) is 22.0. The molecule has 0 atom stereocenters. The van der Waals surface area contributed by atoms with E-state index in [4.69, 9.17) is 14.0 Å². The lowest BCUT2D eigenvalue weighted by molar-refractivity contribution is 0.398. The van der Waals surface area contributed by atoms with Crippen molar-refractivity contribution >= 4 is 21.4 Å². The molecule has 0 fully saturated rings. The first-order valence-electron chi connectivity index (χ1n) is 9.62. The number of rotatable bonds is 8. The molecular weight excluding hydrogens is 450 g/mol. The standard InChI is InChI=1S/C22H21N3O5S2/c1-14-20(32(26,27)23-13-16-11-17(28-2)9-10-18(16)29-3)12-19(31-14)22-24-21(25-30-22)15-7-5-4-6-8-15/h4-12,23H,13H2,1-3H3. The summed E-state index contributed by atoms with van der Waals surface area (Å²) in [4.78, 5) is 5.77. The minimum absolute atomic E-state index is 0.0477. The summed E-state index contributed by atoms with van der Waals surface area (Å²) >= 11 is 1.28. The third kappa shape index (κ3) is 4.52. The summed E-state index contributed by atoms with van der Waals surface area (Å²) in [6.45, 7) is 1.79. The summed E-state index contributed by atoms with van der Waals surface area (Å²) in [6.07, 6.45) is 0. The number of aromatic nitrogens is 2. The minimum atomic E-state index is -3.79. The number of hydrogen-bond donors (Lipinski definition) is 1. The zero-order valence-corrected chi connectivity index (χ0v) is 19.3. The Labute approximate surface area is 189 Å². The fourth-order valence-electron chi connectivity index (χ4n) is 3.14. The van der Waals surface area contributed by atoms with Gasteiger partial charge in [0.05, 0.1) is 24.0 Å². The van der Waals surface area contributed by atoms with Gasteiger partial charge in [0.1, 0.15) is 11.5 Å². The maximum Gasteiger partial charge on any atom is 0.268 e. The van der Waals surface area contributed by atoms with Gasteiger partial charge in [-0.3, -0.25) is 0 Å². The van der Waals surface area contributed by atoms with Crippen LogP contribution < -0.4 is 14.2 Å². The first-order chi connectivity index (χ1) is 15.4. The Morgan fingerprint density at radius 2 is 1.84 bits per heavy atom. The highest BCUT2D eigenvalue weighted by molar-refractivity contribution is 7.89. The lowest BCUT2D eigenvalue weighted by atomic mass is 10.2. The van der Waals surface area contributed by atoms with Gasteiger partial charge in [-0.2, -0.15) is 4.98 Å². The smallest absolute Gasteiger partial charge is 0.268 e. The molecule has 32 heavy (non-hydrogen) atoms. The number of benzene rings is 2. The third-order valence-corrected chi connectivity index (χ3v) is 7.47. The van der Waals surface area contributed by atoms with Crippen LogP contribution in [0.3, 0.4) is 0 Å². The number of aryl methyl sites for hydroxylation is 1. The number of nitrogens with one attached hydrogen (secondary N) is 1. The summed E-state index contributed by atoms with van der Waals surface area (Å²) in [5.74, 6) is 1.89. The average molecular weight is 472 g/mol. The van der Waals surface area contributed by atoms with Gasteiger partial charge in [-0.15, -0.1) is 11.3 Å². The quantitative estimate of drug-likeness (QED) is 0.409. The molecule has 0 aliphatic carbocycles. The fourth-order valence-corrected chi connectivity index (χ4v) is 5.65. The highest BCUT2D eigenvalue weighted by atomic mass is 32.2. The Balaban J connectivity index is 1.57. The third-order valence-electron chi connectivity index (χ3n) is 4.77. The number of ether oxygens (including phenoxy) is 2. The minimum Gasteiger partial charge on any atom is -0.497 e. The molecule has 0 aliphatic heterocycles. The van der Waals surface area contributed by atoms with E-state index < -0.39 is 10.0 Å². The predicted molar refractivity (Wildman–Crippen MR) is 121 cm³/mol. The van der Waals surface area contributed by atoms with Crippen LogP contribution in [0.2, 0.25) is 0 Å². The highest BCUT2D eigenvalue weighted by Gasteiger charge is 2.23.